The van der Waals surface area contributed by atoms with Crippen molar-refractivity contribution in [3.05, 3.63) is 5.69 Å². The molecule has 0 unspecified atom stereocenters. The van der Waals surface area contributed by atoms with Crippen molar-refractivity contribution in [3.63, 3.8) is 0 Å². The van der Waals surface area contributed by atoms with E-state index < -0.39 is 0 Å². The van der Waals surface area contributed by atoms with Crippen LogP contribution in [0.3, 0.4) is 0 Å². The maximum Gasteiger partial charge on any atom is 0.221 e. The number of nitrogens with one attached hydrogen (secondary N) is 2. The molecule has 4 N–H and O–H groups in total. The van der Waals surface area contributed by atoms with E-state index in [1.54, 1.807) is 0 Å². The number of hydrogen-bond donors (Lipinski definition) is 3. The fourth-order valence-corrected chi connectivity index (χ4v) is 1.98. The fraction of sp³-hybridized carbons (Fsp3) is 0.692. The second-order valence-corrected chi connectivity index (χ2v) is 5.09. The molecular weight excluding hydrogens is 242 g/mol. The van der Waals surface area contributed by atoms with Crippen LogP contribution in [0.5, 0.6) is 0 Å². The molecule has 6 nitrogen and oxygen atoms in total. The molecule has 1 amide bonds. The molecular formula is C13H23N5O. The van der Waals surface area contributed by atoms with E-state index in [-0.39, 0.29) is 5.91 Å². The Hall–Kier alpha value is -1.72. The molecule has 1 fully saturated rings. The molecule has 106 valence electrons. The quantitative estimate of drug-likeness (QED) is 0.693. The molecule has 1 saturated carbocycles. The predicted octanol–water partition coefficient (Wildman–Crippen LogP) is 1.26. The van der Waals surface area contributed by atoms with Gasteiger partial charge in [0.1, 0.15) is 5.82 Å². The molecule has 0 spiro atoms. The lowest BCUT2D eigenvalue weighted by Crippen LogP contribution is -2.27. The Morgan fingerprint density at radius 3 is 2.89 bits per heavy atom. The van der Waals surface area contributed by atoms with Crippen LogP contribution in [0.1, 0.15) is 38.3 Å². The number of carbonyl (C=O) groups excluding carboxylic acids is 1. The monoisotopic (exact) mass is 265 g/mol. The van der Waals surface area contributed by atoms with Gasteiger partial charge in [0.2, 0.25) is 5.91 Å². The standard InChI is InChI=1S/C13H23N5O/c1-3-8-18-13(12(14)9(2)17-18)15-7-6-11(19)16-10-4-5-10/h10,15H,3-8,14H2,1-2H3,(H,16,19). The highest BCUT2D eigenvalue weighted by molar-refractivity contribution is 5.77. The molecule has 6 heteroatoms. The van der Waals surface area contributed by atoms with Gasteiger partial charge in [-0.2, -0.15) is 5.10 Å². The van der Waals surface area contributed by atoms with Gasteiger partial charge in [-0.15, -0.1) is 0 Å². The first-order valence-electron chi connectivity index (χ1n) is 6.98. The molecule has 1 aromatic rings. The molecule has 19 heavy (non-hydrogen) atoms. The molecule has 0 aromatic carbocycles. The molecule has 2 rings (SSSR count). The molecule has 1 aliphatic carbocycles. The summed E-state index contributed by atoms with van der Waals surface area (Å²) in [5, 5.41) is 10.6. The third-order valence-electron chi connectivity index (χ3n) is 3.20. The van der Waals surface area contributed by atoms with Gasteiger partial charge < -0.3 is 16.4 Å². The van der Waals surface area contributed by atoms with E-state index in [1.807, 2.05) is 11.6 Å². The number of amides is 1. The number of anilines is 2. The number of nitrogen functional groups attached to an aromatic ring is 1. The van der Waals surface area contributed by atoms with E-state index in [0.29, 0.717) is 24.7 Å². The minimum absolute atomic E-state index is 0.104. The molecule has 0 radical (unpaired) electrons. The lowest BCUT2D eigenvalue weighted by Gasteiger charge is -2.10. The van der Waals surface area contributed by atoms with Crippen LogP contribution >= 0.6 is 0 Å². The first kappa shape index (κ1) is 13.7. The Kier molecular flexibility index (Phi) is 4.29. The molecule has 0 atom stereocenters. The summed E-state index contributed by atoms with van der Waals surface area (Å²) in [5.74, 6) is 0.936. The second kappa shape index (κ2) is 5.95. The number of nitrogens with zero attached hydrogens (tertiary/aromatic N) is 2. The summed E-state index contributed by atoms with van der Waals surface area (Å²) >= 11 is 0. The number of carbonyl (C=O) groups is 1. The average Bonchev–Trinajstić information content (AvgIpc) is 3.12. The van der Waals surface area contributed by atoms with E-state index in [1.165, 1.54) is 0 Å². The molecule has 1 aromatic heterocycles. The lowest BCUT2D eigenvalue weighted by atomic mass is 10.3. The summed E-state index contributed by atoms with van der Waals surface area (Å²) in [6, 6.07) is 0.422. The van der Waals surface area contributed by atoms with Crippen molar-refractivity contribution in [2.75, 3.05) is 17.6 Å². The van der Waals surface area contributed by atoms with Gasteiger partial charge in [0.15, 0.2) is 0 Å². The maximum absolute atomic E-state index is 11.6. The van der Waals surface area contributed by atoms with Gasteiger partial charge in [0.25, 0.3) is 0 Å². The third-order valence-corrected chi connectivity index (χ3v) is 3.20. The van der Waals surface area contributed by atoms with Crippen molar-refractivity contribution in [2.45, 2.75) is 52.1 Å². The highest BCUT2D eigenvalue weighted by Gasteiger charge is 2.22. The summed E-state index contributed by atoms with van der Waals surface area (Å²) in [6.45, 7) is 5.40. The van der Waals surface area contributed by atoms with E-state index >= 15 is 0 Å². The van der Waals surface area contributed by atoms with Gasteiger partial charge in [-0.05, 0) is 26.2 Å². The number of hydrogen-bond acceptors (Lipinski definition) is 4. The Morgan fingerprint density at radius 2 is 2.26 bits per heavy atom. The van der Waals surface area contributed by atoms with Crippen molar-refractivity contribution in [3.8, 4) is 0 Å². The SMILES string of the molecule is CCCn1nc(C)c(N)c1NCCC(=O)NC1CC1. The fourth-order valence-electron chi connectivity index (χ4n) is 1.98. The van der Waals surface area contributed by atoms with Gasteiger partial charge in [-0.1, -0.05) is 6.92 Å². The van der Waals surface area contributed by atoms with E-state index in [9.17, 15) is 4.79 Å². The van der Waals surface area contributed by atoms with Gasteiger partial charge in [0, 0.05) is 25.6 Å². The topological polar surface area (TPSA) is 85.0 Å². The van der Waals surface area contributed by atoms with Crippen molar-refractivity contribution in [1.29, 1.82) is 0 Å². The zero-order chi connectivity index (χ0) is 13.8. The van der Waals surface area contributed by atoms with Crippen molar-refractivity contribution in [1.82, 2.24) is 15.1 Å². The largest absolute Gasteiger partial charge is 0.394 e. The van der Waals surface area contributed by atoms with E-state index in [4.69, 9.17) is 5.73 Å². The minimum Gasteiger partial charge on any atom is -0.394 e. The second-order valence-electron chi connectivity index (χ2n) is 5.09. The first-order chi connectivity index (χ1) is 9.11. The van der Waals surface area contributed by atoms with Crippen molar-refractivity contribution < 1.29 is 4.79 Å². The summed E-state index contributed by atoms with van der Waals surface area (Å²) < 4.78 is 1.88. The lowest BCUT2D eigenvalue weighted by molar-refractivity contribution is -0.120. The molecule has 1 aliphatic rings. The van der Waals surface area contributed by atoms with Gasteiger partial charge in [-0.3, -0.25) is 4.79 Å². The predicted molar refractivity (Wildman–Crippen MR) is 75.9 cm³/mol. The van der Waals surface area contributed by atoms with Crippen molar-refractivity contribution >= 4 is 17.4 Å². The number of nitrogens with two attached hydrogens (primary N) is 1. The van der Waals surface area contributed by atoms with Crippen LogP contribution in [-0.4, -0.2) is 28.3 Å². The smallest absolute Gasteiger partial charge is 0.221 e. The summed E-state index contributed by atoms with van der Waals surface area (Å²) in [7, 11) is 0. The maximum atomic E-state index is 11.6. The first-order valence-corrected chi connectivity index (χ1v) is 6.98. The summed E-state index contributed by atoms with van der Waals surface area (Å²) in [5.41, 5.74) is 7.50. The highest BCUT2D eigenvalue weighted by Crippen LogP contribution is 2.22. The van der Waals surface area contributed by atoms with Gasteiger partial charge >= 0.3 is 0 Å². The van der Waals surface area contributed by atoms with Crippen molar-refractivity contribution in [2.24, 2.45) is 0 Å². The van der Waals surface area contributed by atoms with Crippen LogP contribution in [0.15, 0.2) is 0 Å². The minimum atomic E-state index is 0.104. The Morgan fingerprint density at radius 1 is 1.53 bits per heavy atom. The highest BCUT2D eigenvalue weighted by atomic mass is 16.1. The van der Waals surface area contributed by atoms with Gasteiger partial charge in [-0.25, -0.2) is 4.68 Å². The zero-order valence-electron chi connectivity index (χ0n) is 11.7. The Bertz CT molecular complexity index is 450. The average molecular weight is 265 g/mol. The number of rotatable bonds is 7. The van der Waals surface area contributed by atoms with Crippen LogP contribution in [0, 0.1) is 6.92 Å². The number of aromatic nitrogens is 2. The third kappa shape index (κ3) is 3.62. The summed E-state index contributed by atoms with van der Waals surface area (Å²) in [4.78, 5) is 11.6. The molecule has 0 saturated heterocycles. The van der Waals surface area contributed by atoms with Crippen LogP contribution in [0.25, 0.3) is 0 Å². The normalized spacial score (nSPS) is 14.4. The van der Waals surface area contributed by atoms with Crippen LogP contribution < -0.4 is 16.4 Å². The Balaban J connectivity index is 1.85. The number of aryl methyl sites for hydroxylation is 2. The molecule has 0 bridgehead atoms. The zero-order valence-corrected chi connectivity index (χ0v) is 11.7. The molecule has 1 heterocycles. The molecule has 0 aliphatic heterocycles. The van der Waals surface area contributed by atoms with Crippen LogP contribution in [-0.2, 0) is 11.3 Å². The van der Waals surface area contributed by atoms with Crippen LogP contribution in [0.4, 0.5) is 11.5 Å². The van der Waals surface area contributed by atoms with E-state index in [0.717, 1.165) is 37.3 Å². The van der Waals surface area contributed by atoms with Crippen LogP contribution in [0.2, 0.25) is 0 Å². The van der Waals surface area contributed by atoms with Gasteiger partial charge in [0.05, 0.1) is 11.4 Å². The van der Waals surface area contributed by atoms with E-state index in [2.05, 4.69) is 22.7 Å². The summed E-state index contributed by atoms with van der Waals surface area (Å²) in [6.07, 6.45) is 3.70. The Labute approximate surface area is 113 Å².